The first-order valence-electron chi connectivity index (χ1n) is 7.52. The predicted molar refractivity (Wildman–Crippen MR) is 92.8 cm³/mol. The van der Waals surface area contributed by atoms with E-state index in [0.717, 1.165) is 0 Å². The van der Waals surface area contributed by atoms with Gasteiger partial charge in [0.05, 0.1) is 21.2 Å². The molecule has 1 unspecified atom stereocenters. The van der Waals surface area contributed by atoms with Gasteiger partial charge < -0.3 is 9.47 Å². The Morgan fingerprint density at radius 2 is 1.04 bits per heavy atom. The molecule has 148 valence electrons. The molecule has 0 amide bonds. The maximum Gasteiger partial charge on any atom is 0.195 e. The van der Waals surface area contributed by atoms with Gasteiger partial charge in [-0.2, -0.15) is 0 Å². The van der Waals surface area contributed by atoms with Gasteiger partial charge in [0.1, 0.15) is 11.5 Å². The second-order valence-corrected chi connectivity index (χ2v) is 7.28. The summed E-state index contributed by atoms with van der Waals surface area (Å²) >= 11 is 5.57. The molecule has 27 heavy (non-hydrogen) atoms. The molecular weight excluding hydrogens is 510 g/mol. The first-order valence-corrected chi connectivity index (χ1v) is 9.10. The van der Waals surface area contributed by atoms with Crippen LogP contribution in [0.1, 0.15) is 20.3 Å². The van der Waals surface area contributed by atoms with Crippen molar-refractivity contribution < 1.29 is 35.8 Å². The van der Waals surface area contributed by atoms with E-state index in [9.17, 15) is 26.3 Å². The Hall–Kier alpha value is -1.42. The van der Waals surface area contributed by atoms with Crippen LogP contribution in [-0.4, -0.2) is 12.2 Å². The molecule has 2 atom stereocenters. The minimum atomic E-state index is -1.64. The van der Waals surface area contributed by atoms with Gasteiger partial charge in [0.15, 0.2) is 34.9 Å². The maximum atomic E-state index is 13.5. The van der Waals surface area contributed by atoms with Gasteiger partial charge in [-0.15, -0.1) is 0 Å². The second-order valence-electron chi connectivity index (χ2n) is 5.69. The molecule has 0 aliphatic rings. The Labute approximate surface area is 167 Å². The number of ether oxygens (including phenoxy) is 2. The van der Waals surface area contributed by atoms with E-state index in [4.69, 9.17) is 9.47 Å². The van der Waals surface area contributed by atoms with Crippen LogP contribution in [0.2, 0.25) is 0 Å². The fourth-order valence-corrected chi connectivity index (χ4v) is 3.03. The maximum absolute atomic E-state index is 13.5. The van der Waals surface area contributed by atoms with Crippen LogP contribution in [0.25, 0.3) is 0 Å². The summed E-state index contributed by atoms with van der Waals surface area (Å²) in [5, 5.41) is 0. The number of halogens is 8. The zero-order valence-corrected chi connectivity index (χ0v) is 17.0. The molecule has 0 fully saturated rings. The number of benzene rings is 2. The highest BCUT2D eigenvalue weighted by Gasteiger charge is 2.22. The van der Waals surface area contributed by atoms with Crippen LogP contribution in [0.3, 0.4) is 0 Å². The van der Waals surface area contributed by atoms with Gasteiger partial charge in [-0.05, 0) is 45.7 Å². The normalized spacial score (nSPS) is 13.4. The van der Waals surface area contributed by atoms with E-state index in [1.807, 2.05) is 0 Å². The smallest absolute Gasteiger partial charge is 0.195 e. The summed E-state index contributed by atoms with van der Waals surface area (Å²) in [4.78, 5) is 0. The van der Waals surface area contributed by atoms with E-state index in [1.165, 1.54) is 0 Å². The molecule has 10 heteroatoms. The van der Waals surface area contributed by atoms with E-state index in [1.54, 1.807) is 13.8 Å². The van der Waals surface area contributed by atoms with Gasteiger partial charge in [-0.1, -0.05) is 0 Å². The van der Waals surface area contributed by atoms with Crippen molar-refractivity contribution in [2.24, 2.45) is 0 Å². The summed E-state index contributed by atoms with van der Waals surface area (Å²) in [6.07, 6.45) is -1.22. The molecule has 0 radical (unpaired) electrons. The van der Waals surface area contributed by atoms with Crippen molar-refractivity contribution in [3.8, 4) is 11.5 Å². The highest BCUT2D eigenvalue weighted by molar-refractivity contribution is 9.11. The molecule has 0 saturated heterocycles. The Kier molecular flexibility index (Phi) is 7.07. The van der Waals surface area contributed by atoms with E-state index in [0.29, 0.717) is 12.1 Å². The Morgan fingerprint density at radius 1 is 0.704 bits per heavy atom. The van der Waals surface area contributed by atoms with Crippen molar-refractivity contribution in [1.29, 1.82) is 0 Å². The summed E-state index contributed by atoms with van der Waals surface area (Å²) in [6.45, 7) is 3.10. The Morgan fingerprint density at radius 3 is 1.37 bits per heavy atom. The third-order valence-corrected chi connectivity index (χ3v) is 4.94. The molecule has 0 saturated carbocycles. The Bertz CT molecular complexity index is 793. The average molecular weight is 522 g/mol. The minimum Gasteiger partial charge on any atom is -0.489 e. The topological polar surface area (TPSA) is 18.5 Å². The van der Waals surface area contributed by atoms with Crippen LogP contribution >= 0.6 is 31.9 Å². The van der Waals surface area contributed by atoms with Gasteiger partial charge in [0, 0.05) is 18.6 Å². The number of hydrogen-bond acceptors (Lipinski definition) is 2. The zero-order chi connectivity index (χ0) is 20.5. The van der Waals surface area contributed by atoms with Gasteiger partial charge in [0.25, 0.3) is 0 Å². The largest absolute Gasteiger partial charge is 0.489 e. The molecule has 0 spiro atoms. The van der Waals surface area contributed by atoms with E-state index < -0.39 is 47.1 Å². The van der Waals surface area contributed by atoms with Crippen molar-refractivity contribution in [1.82, 2.24) is 0 Å². The summed E-state index contributed by atoms with van der Waals surface area (Å²) in [5.74, 6) is -9.47. The zero-order valence-electron chi connectivity index (χ0n) is 13.9. The van der Waals surface area contributed by atoms with Gasteiger partial charge >= 0.3 is 0 Å². The quantitative estimate of drug-likeness (QED) is 0.240. The molecule has 2 aromatic rings. The van der Waals surface area contributed by atoms with E-state index in [2.05, 4.69) is 31.9 Å². The average Bonchev–Trinajstić information content (AvgIpc) is 2.60. The van der Waals surface area contributed by atoms with Crippen LogP contribution in [0, 0.1) is 34.9 Å². The SMILES string of the molecule is CC(C[C@H](C)Oc1cc(F)c(F)c(F)c1Br)Oc1cc(F)c(F)c(F)c1Br. The number of hydrogen-bond donors (Lipinski definition) is 0. The molecule has 2 nitrogen and oxygen atoms in total. The third-order valence-electron chi connectivity index (χ3n) is 3.46. The molecule has 2 aromatic carbocycles. The van der Waals surface area contributed by atoms with Crippen LogP contribution in [0.4, 0.5) is 26.3 Å². The van der Waals surface area contributed by atoms with E-state index in [-0.39, 0.29) is 26.9 Å². The molecule has 0 aromatic heterocycles. The van der Waals surface area contributed by atoms with Crippen LogP contribution in [0.15, 0.2) is 21.1 Å². The summed E-state index contributed by atoms with van der Waals surface area (Å²) in [5.41, 5.74) is 0. The van der Waals surface area contributed by atoms with Crippen molar-refractivity contribution >= 4 is 31.9 Å². The number of rotatable bonds is 6. The van der Waals surface area contributed by atoms with Crippen molar-refractivity contribution in [3.63, 3.8) is 0 Å². The highest BCUT2D eigenvalue weighted by Crippen LogP contribution is 2.34. The first-order chi connectivity index (χ1) is 12.5. The lowest BCUT2D eigenvalue weighted by molar-refractivity contribution is 0.128. The minimum absolute atomic E-state index is 0.125. The lowest BCUT2D eigenvalue weighted by Gasteiger charge is -2.21. The van der Waals surface area contributed by atoms with Crippen LogP contribution in [-0.2, 0) is 0 Å². The first kappa shape index (κ1) is 21.9. The molecule has 0 bridgehead atoms. The van der Waals surface area contributed by atoms with Crippen LogP contribution < -0.4 is 9.47 Å². The van der Waals surface area contributed by atoms with E-state index >= 15 is 0 Å². The molecule has 2 rings (SSSR count). The second kappa shape index (κ2) is 8.72. The van der Waals surface area contributed by atoms with Crippen molar-refractivity contribution in [2.75, 3.05) is 0 Å². The molecule has 0 aliphatic carbocycles. The third kappa shape index (κ3) is 4.90. The fourth-order valence-electron chi connectivity index (χ4n) is 2.27. The highest BCUT2D eigenvalue weighted by atomic mass is 79.9. The molecule has 0 heterocycles. The lowest BCUT2D eigenvalue weighted by atomic mass is 10.2. The van der Waals surface area contributed by atoms with Crippen LogP contribution in [0.5, 0.6) is 11.5 Å². The molecule has 0 aliphatic heterocycles. The Balaban J connectivity index is 2.08. The predicted octanol–water partition coefficient (Wildman–Crippen LogP) is 6.67. The summed E-state index contributed by atoms with van der Waals surface area (Å²) in [6, 6.07) is 1.37. The fraction of sp³-hybridized carbons (Fsp3) is 0.294. The lowest BCUT2D eigenvalue weighted by Crippen LogP contribution is -2.23. The molecule has 0 N–H and O–H groups in total. The standard InChI is InChI=1S/C17H12Br2F6O2/c1-6(26-10-4-8(20)14(22)16(24)12(10)18)3-7(2)27-11-5-9(21)15(23)17(25)13(11)19/h4-7H,3H2,1-2H3/t6-,7?/m0/s1. The summed E-state index contributed by atoms with van der Waals surface area (Å²) < 4.78 is 90.0. The van der Waals surface area contributed by atoms with Crippen molar-refractivity contribution in [2.45, 2.75) is 32.5 Å². The van der Waals surface area contributed by atoms with Gasteiger partial charge in [0.2, 0.25) is 0 Å². The van der Waals surface area contributed by atoms with Gasteiger partial charge in [-0.25, -0.2) is 26.3 Å². The summed E-state index contributed by atoms with van der Waals surface area (Å²) in [7, 11) is 0. The monoisotopic (exact) mass is 520 g/mol. The van der Waals surface area contributed by atoms with Crippen molar-refractivity contribution in [3.05, 3.63) is 56.0 Å². The molecular formula is C17H12Br2F6O2. The van der Waals surface area contributed by atoms with Gasteiger partial charge in [-0.3, -0.25) is 0 Å².